The molecule has 1 rings (SSSR count). The highest BCUT2D eigenvalue weighted by Crippen LogP contribution is 2.27. The number of aromatic nitrogens is 1. The van der Waals surface area contributed by atoms with Crippen LogP contribution in [0, 0.1) is 5.41 Å². The van der Waals surface area contributed by atoms with Crippen molar-refractivity contribution in [1.29, 1.82) is 0 Å². The zero-order chi connectivity index (χ0) is 11.9. The van der Waals surface area contributed by atoms with Crippen molar-refractivity contribution in [1.82, 2.24) is 4.98 Å². The molecule has 16 heavy (non-hydrogen) atoms. The second-order valence-electron chi connectivity index (χ2n) is 5.18. The van der Waals surface area contributed by atoms with Gasteiger partial charge in [-0.15, -0.1) is 0 Å². The second kappa shape index (κ2) is 6.51. The highest BCUT2D eigenvalue weighted by atomic mass is 14.9. The second-order valence-corrected chi connectivity index (χ2v) is 5.18. The van der Waals surface area contributed by atoms with Gasteiger partial charge in [0.1, 0.15) is 0 Å². The molecule has 1 aromatic heterocycles. The Balaban J connectivity index is 2.17. The molecule has 0 fully saturated rings. The van der Waals surface area contributed by atoms with Crippen molar-refractivity contribution in [3.05, 3.63) is 24.5 Å². The van der Waals surface area contributed by atoms with E-state index in [9.17, 15) is 0 Å². The highest BCUT2D eigenvalue weighted by molar-refractivity contribution is 5.40. The Hall–Kier alpha value is -1.05. The van der Waals surface area contributed by atoms with Gasteiger partial charge in [-0.2, -0.15) is 0 Å². The summed E-state index contributed by atoms with van der Waals surface area (Å²) >= 11 is 0. The van der Waals surface area contributed by atoms with Crippen molar-refractivity contribution >= 4 is 5.69 Å². The van der Waals surface area contributed by atoms with E-state index in [0.717, 1.165) is 6.54 Å². The first-order chi connectivity index (χ1) is 7.64. The molecule has 0 saturated heterocycles. The van der Waals surface area contributed by atoms with Crippen LogP contribution in [0.3, 0.4) is 0 Å². The first kappa shape index (κ1) is 13.0. The SMILES string of the molecule is CCCC(C)(C)CCCNc1ccncc1. The van der Waals surface area contributed by atoms with Gasteiger partial charge in [-0.1, -0.05) is 27.2 Å². The molecule has 0 aliphatic carbocycles. The summed E-state index contributed by atoms with van der Waals surface area (Å²) in [6.45, 7) is 8.04. The molecule has 0 unspecified atom stereocenters. The minimum Gasteiger partial charge on any atom is -0.385 e. The molecule has 2 nitrogen and oxygen atoms in total. The summed E-state index contributed by atoms with van der Waals surface area (Å²) in [5, 5.41) is 3.42. The number of rotatable bonds is 7. The van der Waals surface area contributed by atoms with E-state index in [4.69, 9.17) is 0 Å². The van der Waals surface area contributed by atoms with Gasteiger partial charge in [0, 0.05) is 24.6 Å². The molecular formula is C14H24N2. The quantitative estimate of drug-likeness (QED) is 0.700. The first-order valence-corrected chi connectivity index (χ1v) is 6.28. The Morgan fingerprint density at radius 3 is 2.50 bits per heavy atom. The highest BCUT2D eigenvalue weighted by Gasteiger charge is 2.15. The normalized spacial score (nSPS) is 11.4. The Morgan fingerprint density at radius 2 is 1.88 bits per heavy atom. The van der Waals surface area contributed by atoms with Crippen molar-refractivity contribution in [2.75, 3.05) is 11.9 Å². The fraction of sp³-hybridized carbons (Fsp3) is 0.643. The molecule has 0 aromatic carbocycles. The number of hydrogen-bond donors (Lipinski definition) is 1. The molecule has 0 aliphatic rings. The molecule has 90 valence electrons. The van der Waals surface area contributed by atoms with Gasteiger partial charge in [-0.25, -0.2) is 0 Å². The molecule has 0 amide bonds. The Bertz CT molecular complexity index is 280. The van der Waals surface area contributed by atoms with Crippen LogP contribution in [0.15, 0.2) is 24.5 Å². The zero-order valence-electron chi connectivity index (χ0n) is 10.8. The zero-order valence-corrected chi connectivity index (χ0v) is 10.8. The third-order valence-electron chi connectivity index (χ3n) is 2.97. The van der Waals surface area contributed by atoms with Crippen molar-refractivity contribution in [3.8, 4) is 0 Å². The molecule has 2 heteroatoms. The monoisotopic (exact) mass is 220 g/mol. The summed E-state index contributed by atoms with van der Waals surface area (Å²) in [6, 6.07) is 4.02. The largest absolute Gasteiger partial charge is 0.385 e. The standard InChI is InChI=1S/C14H24N2/c1-4-8-14(2,3)9-5-10-16-13-6-11-15-12-7-13/h6-7,11-12H,4-5,8-10H2,1-3H3,(H,15,16). The first-order valence-electron chi connectivity index (χ1n) is 6.28. The predicted octanol–water partition coefficient (Wildman–Crippen LogP) is 4.10. The van der Waals surface area contributed by atoms with E-state index in [1.807, 2.05) is 24.5 Å². The van der Waals surface area contributed by atoms with E-state index in [1.165, 1.54) is 31.4 Å². The van der Waals surface area contributed by atoms with Gasteiger partial charge < -0.3 is 5.32 Å². The van der Waals surface area contributed by atoms with Crippen LogP contribution in [0.1, 0.15) is 46.5 Å². The number of hydrogen-bond acceptors (Lipinski definition) is 2. The number of nitrogens with zero attached hydrogens (tertiary/aromatic N) is 1. The van der Waals surface area contributed by atoms with Gasteiger partial charge in [0.05, 0.1) is 0 Å². The lowest BCUT2D eigenvalue weighted by atomic mass is 9.83. The Kier molecular flexibility index (Phi) is 5.30. The van der Waals surface area contributed by atoms with E-state index in [-0.39, 0.29) is 0 Å². The van der Waals surface area contributed by atoms with Crippen LogP contribution in [-0.4, -0.2) is 11.5 Å². The summed E-state index contributed by atoms with van der Waals surface area (Å²) in [5.41, 5.74) is 1.66. The van der Waals surface area contributed by atoms with Crippen LogP contribution in [-0.2, 0) is 0 Å². The van der Waals surface area contributed by atoms with Crippen molar-refractivity contribution < 1.29 is 0 Å². The number of pyridine rings is 1. The van der Waals surface area contributed by atoms with Gasteiger partial charge in [-0.05, 0) is 36.8 Å². The predicted molar refractivity (Wildman–Crippen MR) is 70.6 cm³/mol. The maximum Gasteiger partial charge on any atom is 0.0371 e. The third-order valence-corrected chi connectivity index (χ3v) is 2.97. The van der Waals surface area contributed by atoms with E-state index in [2.05, 4.69) is 31.1 Å². The maximum atomic E-state index is 4.00. The third kappa shape index (κ3) is 5.15. The Morgan fingerprint density at radius 1 is 1.19 bits per heavy atom. The molecule has 1 heterocycles. The summed E-state index contributed by atoms with van der Waals surface area (Å²) < 4.78 is 0. The van der Waals surface area contributed by atoms with Crippen LogP contribution in [0.4, 0.5) is 5.69 Å². The molecule has 1 aromatic rings. The Labute approximate surface area is 99.5 Å². The molecular weight excluding hydrogens is 196 g/mol. The minimum absolute atomic E-state index is 0.495. The van der Waals surface area contributed by atoms with Crippen LogP contribution >= 0.6 is 0 Å². The van der Waals surface area contributed by atoms with Gasteiger partial charge in [0.25, 0.3) is 0 Å². The van der Waals surface area contributed by atoms with Gasteiger partial charge >= 0.3 is 0 Å². The average molecular weight is 220 g/mol. The molecule has 0 saturated carbocycles. The van der Waals surface area contributed by atoms with Crippen molar-refractivity contribution in [2.24, 2.45) is 5.41 Å². The van der Waals surface area contributed by atoms with Crippen molar-refractivity contribution in [2.45, 2.75) is 46.5 Å². The summed E-state index contributed by atoms with van der Waals surface area (Å²) in [5.74, 6) is 0. The van der Waals surface area contributed by atoms with Gasteiger partial charge in [0.2, 0.25) is 0 Å². The maximum absolute atomic E-state index is 4.00. The minimum atomic E-state index is 0.495. The molecule has 0 radical (unpaired) electrons. The number of anilines is 1. The molecule has 0 spiro atoms. The lowest BCUT2D eigenvalue weighted by molar-refractivity contribution is 0.299. The number of nitrogens with one attached hydrogen (secondary N) is 1. The topological polar surface area (TPSA) is 24.9 Å². The fourth-order valence-corrected chi connectivity index (χ4v) is 2.07. The van der Waals surface area contributed by atoms with Crippen LogP contribution in [0.5, 0.6) is 0 Å². The van der Waals surface area contributed by atoms with Crippen molar-refractivity contribution in [3.63, 3.8) is 0 Å². The molecule has 0 atom stereocenters. The fourth-order valence-electron chi connectivity index (χ4n) is 2.07. The van der Waals surface area contributed by atoms with Crippen LogP contribution < -0.4 is 5.32 Å². The molecule has 0 aliphatic heterocycles. The van der Waals surface area contributed by atoms with E-state index < -0.39 is 0 Å². The van der Waals surface area contributed by atoms with E-state index in [0.29, 0.717) is 5.41 Å². The van der Waals surface area contributed by atoms with E-state index >= 15 is 0 Å². The van der Waals surface area contributed by atoms with Gasteiger partial charge in [0.15, 0.2) is 0 Å². The smallest absolute Gasteiger partial charge is 0.0371 e. The average Bonchev–Trinajstić information content (AvgIpc) is 2.26. The van der Waals surface area contributed by atoms with Crippen LogP contribution in [0.25, 0.3) is 0 Å². The lowest BCUT2D eigenvalue weighted by Gasteiger charge is -2.23. The molecule has 1 N–H and O–H groups in total. The lowest BCUT2D eigenvalue weighted by Crippen LogP contribution is -2.13. The van der Waals surface area contributed by atoms with Gasteiger partial charge in [-0.3, -0.25) is 4.98 Å². The summed E-state index contributed by atoms with van der Waals surface area (Å²) in [7, 11) is 0. The van der Waals surface area contributed by atoms with E-state index in [1.54, 1.807) is 0 Å². The summed E-state index contributed by atoms with van der Waals surface area (Å²) in [6.07, 6.45) is 8.77. The summed E-state index contributed by atoms with van der Waals surface area (Å²) in [4.78, 5) is 4.00. The molecule has 0 bridgehead atoms. The van der Waals surface area contributed by atoms with Crippen LogP contribution in [0.2, 0.25) is 0 Å².